The lowest BCUT2D eigenvalue weighted by Gasteiger charge is -2.38. The summed E-state index contributed by atoms with van der Waals surface area (Å²) in [5.41, 5.74) is 0. The summed E-state index contributed by atoms with van der Waals surface area (Å²) in [4.78, 5) is 11.7. The number of carbonyl (C=O) groups excluding carboxylic acids is 1. The summed E-state index contributed by atoms with van der Waals surface area (Å²) in [6, 6.07) is 8.21. The summed E-state index contributed by atoms with van der Waals surface area (Å²) >= 11 is 0. The van der Waals surface area contributed by atoms with Crippen LogP contribution in [0.4, 0.5) is 4.79 Å². The molecule has 3 N–H and O–H groups in total. The topological polar surface area (TPSA) is 89.1 Å². The van der Waals surface area contributed by atoms with E-state index in [2.05, 4.69) is 10.6 Å². The van der Waals surface area contributed by atoms with Crippen LogP contribution in [0, 0.1) is 0 Å². The molecule has 120 valence electrons. The zero-order valence-corrected chi connectivity index (χ0v) is 12.3. The van der Waals surface area contributed by atoms with Crippen LogP contribution in [0.15, 0.2) is 30.3 Å². The van der Waals surface area contributed by atoms with Gasteiger partial charge in [0.15, 0.2) is 12.4 Å². The highest BCUT2D eigenvalue weighted by atomic mass is 16.7. The molecule has 2 aliphatic heterocycles. The van der Waals surface area contributed by atoms with Gasteiger partial charge < -0.3 is 30.0 Å². The van der Waals surface area contributed by atoms with E-state index in [1.807, 2.05) is 25.1 Å². The van der Waals surface area contributed by atoms with Crippen molar-refractivity contribution < 1.29 is 24.1 Å². The summed E-state index contributed by atoms with van der Waals surface area (Å²) in [5.74, 6) is 0.612. The van der Waals surface area contributed by atoms with E-state index >= 15 is 0 Å². The minimum atomic E-state index is -0.922. The Hall–Kier alpha value is -1.83. The van der Waals surface area contributed by atoms with Crippen LogP contribution in [0.2, 0.25) is 0 Å². The zero-order chi connectivity index (χ0) is 15.5. The van der Waals surface area contributed by atoms with Gasteiger partial charge in [0.2, 0.25) is 0 Å². The molecule has 2 fully saturated rings. The molecule has 2 saturated heterocycles. The number of carbonyl (C=O) groups is 1. The first-order valence-electron chi connectivity index (χ1n) is 7.40. The van der Waals surface area contributed by atoms with Gasteiger partial charge in [-0.15, -0.1) is 0 Å². The normalized spacial score (nSPS) is 33.3. The molecule has 2 heterocycles. The third kappa shape index (κ3) is 3.01. The van der Waals surface area contributed by atoms with Crippen molar-refractivity contribution in [2.75, 3.05) is 13.2 Å². The number of fused-ring (bicyclic) bond motifs is 2. The molecule has 0 aliphatic carbocycles. The average molecular weight is 308 g/mol. The zero-order valence-electron chi connectivity index (χ0n) is 12.3. The predicted octanol–water partition coefficient (Wildman–Crippen LogP) is 0.238. The van der Waals surface area contributed by atoms with E-state index in [-0.39, 0.29) is 12.1 Å². The Labute approximate surface area is 128 Å². The number of rotatable bonds is 4. The summed E-state index contributed by atoms with van der Waals surface area (Å²) in [6.45, 7) is 2.64. The quantitative estimate of drug-likeness (QED) is 0.741. The van der Waals surface area contributed by atoms with Crippen molar-refractivity contribution in [1.82, 2.24) is 10.6 Å². The third-order valence-corrected chi connectivity index (χ3v) is 3.76. The second kappa shape index (κ2) is 6.51. The second-order valence-corrected chi connectivity index (χ2v) is 5.29. The molecular formula is C15H20N2O5. The van der Waals surface area contributed by atoms with E-state index in [9.17, 15) is 9.90 Å². The molecule has 22 heavy (non-hydrogen) atoms. The molecule has 3 rings (SSSR count). The van der Waals surface area contributed by atoms with E-state index in [0.717, 1.165) is 0 Å². The maximum absolute atomic E-state index is 11.7. The van der Waals surface area contributed by atoms with Crippen LogP contribution in [0.1, 0.15) is 6.92 Å². The van der Waals surface area contributed by atoms with E-state index in [4.69, 9.17) is 14.2 Å². The maximum atomic E-state index is 11.7. The minimum absolute atomic E-state index is 0.313. The predicted molar refractivity (Wildman–Crippen MR) is 77.5 cm³/mol. The molecule has 0 spiro atoms. The Balaban J connectivity index is 1.72. The first-order chi connectivity index (χ1) is 10.7. The van der Waals surface area contributed by atoms with Crippen molar-refractivity contribution in [3.8, 4) is 5.75 Å². The number of aliphatic hydroxyl groups excluding tert-OH is 1. The SMILES string of the molecule is CCNC(=O)N[C@@H]1[C@H](O)[C@@H](Oc2ccccc2)[C@@H]2OC[C@@H]1O2. The average Bonchev–Trinajstić information content (AvgIpc) is 2.96. The van der Waals surface area contributed by atoms with Gasteiger partial charge in [0.05, 0.1) is 12.6 Å². The lowest BCUT2D eigenvalue weighted by Crippen LogP contribution is -2.63. The number of benzene rings is 1. The van der Waals surface area contributed by atoms with Gasteiger partial charge in [-0.1, -0.05) is 18.2 Å². The van der Waals surface area contributed by atoms with Gasteiger partial charge >= 0.3 is 6.03 Å². The van der Waals surface area contributed by atoms with Crippen molar-refractivity contribution in [1.29, 1.82) is 0 Å². The van der Waals surface area contributed by atoms with Gasteiger partial charge in [-0.05, 0) is 19.1 Å². The van der Waals surface area contributed by atoms with Crippen molar-refractivity contribution in [2.45, 2.75) is 37.6 Å². The Morgan fingerprint density at radius 3 is 2.91 bits per heavy atom. The van der Waals surface area contributed by atoms with Crippen LogP contribution < -0.4 is 15.4 Å². The lowest BCUT2D eigenvalue weighted by molar-refractivity contribution is -0.192. The molecule has 0 radical (unpaired) electrons. The molecule has 1 aromatic carbocycles. The Kier molecular flexibility index (Phi) is 4.47. The highest BCUT2D eigenvalue weighted by molar-refractivity contribution is 5.74. The van der Waals surface area contributed by atoms with Crippen LogP contribution in [0.25, 0.3) is 0 Å². The largest absolute Gasteiger partial charge is 0.482 e. The highest BCUT2D eigenvalue weighted by Gasteiger charge is 2.52. The molecule has 0 aromatic heterocycles. The standard InChI is InChI=1S/C15H20N2O5/c1-2-16-15(19)17-11-10-8-20-14(22-10)13(12(11)18)21-9-6-4-3-5-7-9/h3-7,10-14,18H,2,8H2,1H3,(H2,16,17,19)/t10-,11-,12-,13+,14+/m0/s1. The van der Waals surface area contributed by atoms with E-state index in [0.29, 0.717) is 18.9 Å². The van der Waals surface area contributed by atoms with E-state index in [1.54, 1.807) is 12.1 Å². The van der Waals surface area contributed by atoms with Crippen LogP contribution >= 0.6 is 0 Å². The van der Waals surface area contributed by atoms with Crippen LogP contribution in [0.5, 0.6) is 5.75 Å². The first kappa shape index (κ1) is 15.1. The molecule has 1 aromatic rings. The molecule has 0 saturated carbocycles. The smallest absolute Gasteiger partial charge is 0.315 e. The fraction of sp³-hybridized carbons (Fsp3) is 0.533. The molecule has 2 aliphatic rings. The van der Waals surface area contributed by atoms with E-state index in [1.165, 1.54) is 0 Å². The monoisotopic (exact) mass is 308 g/mol. The van der Waals surface area contributed by atoms with Crippen molar-refractivity contribution in [3.05, 3.63) is 30.3 Å². The summed E-state index contributed by atoms with van der Waals surface area (Å²) in [5, 5.41) is 15.9. The molecule has 0 unspecified atom stereocenters. The summed E-state index contributed by atoms with van der Waals surface area (Å²) < 4.78 is 17.0. The van der Waals surface area contributed by atoms with Gasteiger partial charge in [0.1, 0.15) is 18.0 Å². The molecular weight excluding hydrogens is 288 g/mol. The molecule has 7 nitrogen and oxygen atoms in total. The van der Waals surface area contributed by atoms with Gasteiger partial charge in [-0.2, -0.15) is 0 Å². The van der Waals surface area contributed by atoms with Crippen molar-refractivity contribution >= 4 is 6.03 Å². The van der Waals surface area contributed by atoms with Gasteiger partial charge in [-0.25, -0.2) is 4.79 Å². The Bertz CT molecular complexity index is 512. The Morgan fingerprint density at radius 1 is 1.41 bits per heavy atom. The fourth-order valence-corrected chi connectivity index (χ4v) is 2.71. The number of hydrogen-bond donors (Lipinski definition) is 3. The van der Waals surface area contributed by atoms with Crippen LogP contribution in [0.3, 0.4) is 0 Å². The summed E-state index contributed by atoms with van der Waals surface area (Å²) in [7, 11) is 0. The highest BCUT2D eigenvalue weighted by Crippen LogP contribution is 2.31. The molecule has 2 amide bonds. The summed E-state index contributed by atoms with van der Waals surface area (Å²) in [6.07, 6.45) is -2.63. The molecule has 2 bridgehead atoms. The van der Waals surface area contributed by atoms with Crippen molar-refractivity contribution in [3.63, 3.8) is 0 Å². The number of ether oxygens (including phenoxy) is 3. The number of para-hydroxylation sites is 1. The van der Waals surface area contributed by atoms with Crippen LogP contribution in [-0.2, 0) is 9.47 Å². The lowest BCUT2D eigenvalue weighted by atomic mass is 9.98. The third-order valence-electron chi connectivity index (χ3n) is 3.76. The number of hydrogen-bond acceptors (Lipinski definition) is 5. The first-order valence-corrected chi connectivity index (χ1v) is 7.40. The van der Waals surface area contributed by atoms with Gasteiger partial charge in [0, 0.05) is 6.54 Å². The van der Waals surface area contributed by atoms with E-state index < -0.39 is 24.5 Å². The number of urea groups is 1. The fourth-order valence-electron chi connectivity index (χ4n) is 2.71. The van der Waals surface area contributed by atoms with Crippen molar-refractivity contribution in [2.24, 2.45) is 0 Å². The van der Waals surface area contributed by atoms with Gasteiger partial charge in [0.25, 0.3) is 0 Å². The number of aliphatic hydroxyl groups is 1. The van der Waals surface area contributed by atoms with Crippen LogP contribution in [-0.4, -0.2) is 54.9 Å². The maximum Gasteiger partial charge on any atom is 0.315 e. The number of amides is 2. The Morgan fingerprint density at radius 2 is 2.18 bits per heavy atom. The molecule has 5 atom stereocenters. The number of nitrogens with one attached hydrogen (secondary N) is 2. The molecule has 7 heteroatoms. The van der Waals surface area contributed by atoms with Gasteiger partial charge in [-0.3, -0.25) is 0 Å². The second-order valence-electron chi connectivity index (χ2n) is 5.29. The minimum Gasteiger partial charge on any atom is -0.482 e.